The Hall–Kier alpha value is -2.67. The van der Waals surface area contributed by atoms with Gasteiger partial charge in [0.15, 0.2) is 11.5 Å². The van der Waals surface area contributed by atoms with Crippen LogP contribution in [-0.4, -0.2) is 30.1 Å². The highest BCUT2D eigenvalue weighted by molar-refractivity contribution is 7.20. The van der Waals surface area contributed by atoms with Crippen molar-refractivity contribution in [1.82, 2.24) is 15.3 Å². The standard InChI is InChI=1S/C19H21N3O3S/c1-10-16-11(2)21-12(3)22-19(16)26-17(10)18(23)20-9-13-6-7-14(24-4)15(8-13)25-5/h6-8H,9H2,1-5H3,(H,20,23). The van der Waals surface area contributed by atoms with Gasteiger partial charge in [0.05, 0.1) is 19.1 Å². The van der Waals surface area contributed by atoms with Crippen LogP contribution >= 0.6 is 11.3 Å². The van der Waals surface area contributed by atoms with Crippen LogP contribution in [-0.2, 0) is 6.54 Å². The zero-order valence-electron chi connectivity index (χ0n) is 15.5. The van der Waals surface area contributed by atoms with Gasteiger partial charge in [0, 0.05) is 17.6 Å². The molecule has 3 rings (SSSR count). The van der Waals surface area contributed by atoms with Crippen LogP contribution in [0.15, 0.2) is 18.2 Å². The number of hydrogen-bond donors (Lipinski definition) is 1. The number of rotatable bonds is 5. The predicted octanol–water partition coefficient (Wildman–Crippen LogP) is 3.56. The fourth-order valence-electron chi connectivity index (χ4n) is 2.94. The Bertz CT molecular complexity index is 982. The maximum atomic E-state index is 12.7. The minimum absolute atomic E-state index is 0.114. The van der Waals surface area contributed by atoms with Crippen LogP contribution in [0.4, 0.5) is 0 Å². The van der Waals surface area contributed by atoms with E-state index in [0.29, 0.717) is 28.7 Å². The third kappa shape index (κ3) is 3.35. The molecule has 136 valence electrons. The topological polar surface area (TPSA) is 73.3 Å². The lowest BCUT2D eigenvalue weighted by molar-refractivity contribution is 0.0954. The van der Waals surface area contributed by atoms with Gasteiger partial charge in [0.25, 0.3) is 5.91 Å². The first-order chi connectivity index (χ1) is 12.4. The third-order valence-electron chi connectivity index (χ3n) is 4.19. The first-order valence-electron chi connectivity index (χ1n) is 8.18. The van der Waals surface area contributed by atoms with E-state index in [4.69, 9.17) is 9.47 Å². The molecular formula is C19H21N3O3S. The minimum Gasteiger partial charge on any atom is -0.493 e. The molecule has 0 saturated heterocycles. The lowest BCUT2D eigenvalue weighted by Gasteiger charge is -2.10. The molecule has 0 spiro atoms. The number of thiophene rings is 1. The summed E-state index contributed by atoms with van der Waals surface area (Å²) < 4.78 is 10.5. The maximum absolute atomic E-state index is 12.7. The van der Waals surface area contributed by atoms with Gasteiger partial charge in [-0.1, -0.05) is 6.07 Å². The molecule has 0 saturated carbocycles. The number of hydrogen-bond acceptors (Lipinski definition) is 6. The smallest absolute Gasteiger partial charge is 0.261 e. The van der Waals surface area contributed by atoms with Crippen molar-refractivity contribution in [3.63, 3.8) is 0 Å². The summed E-state index contributed by atoms with van der Waals surface area (Å²) in [7, 11) is 3.18. The van der Waals surface area contributed by atoms with Crippen LogP contribution in [0, 0.1) is 20.8 Å². The average Bonchev–Trinajstić information content (AvgIpc) is 2.95. The summed E-state index contributed by atoms with van der Waals surface area (Å²) in [6, 6.07) is 5.58. The number of fused-ring (bicyclic) bond motifs is 1. The zero-order chi connectivity index (χ0) is 18.8. The van der Waals surface area contributed by atoms with Crippen molar-refractivity contribution in [2.24, 2.45) is 0 Å². The summed E-state index contributed by atoms with van der Waals surface area (Å²) in [5.74, 6) is 1.90. The largest absolute Gasteiger partial charge is 0.493 e. The Kier molecular flexibility index (Phi) is 5.08. The van der Waals surface area contributed by atoms with Crippen LogP contribution in [0.1, 0.15) is 32.3 Å². The highest BCUT2D eigenvalue weighted by Gasteiger charge is 2.18. The monoisotopic (exact) mass is 371 g/mol. The Morgan fingerprint density at radius 3 is 2.54 bits per heavy atom. The molecule has 0 fully saturated rings. The number of nitrogens with zero attached hydrogens (tertiary/aromatic N) is 2. The molecule has 0 bridgehead atoms. The van der Waals surface area contributed by atoms with E-state index >= 15 is 0 Å². The van der Waals surface area contributed by atoms with Gasteiger partial charge in [-0.15, -0.1) is 11.3 Å². The van der Waals surface area contributed by atoms with Gasteiger partial charge in [-0.25, -0.2) is 9.97 Å². The van der Waals surface area contributed by atoms with Gasteiger partial charge in [-0.05, 0) is 44.0 Å². The molecule has 2 aromatic heterocycles. The van der Waals surface area contributed by atoms with E-state index in [1.165, 1.54) is 11.3 Å². The van der Waals surface area contributed by atoms with E-state index in [9.17, 15) is 4.79 Å². The van der Waals surface area contributed by atoms with E-state index in [0.717, 1.165) is 27.0 Å². The molecule has 0 aliphatic carbocycles. The van der Waals surface area contributed by atoms with Gasteiger partial charge in [-0.3, -0.25) is 4.79 Å². The number of carbonyl (C=O) groups excluding carboxylic acids is 1. The SMILES string of the molecule is COc1ccc(CNC(=O)c2sc3nc(C)nc(C)c3c2C)cc1OC. The summed E-state index contributed by atoms with van der Waals surface area (Å²) in [5.41, 5.74) is 2.76. The van der Waals surface area contributed by atoms with Crippen molar-refractivity contribution < 1.29 is 14.3 Å². The molecule has 1 amide bonds. The Morgan fingerprint density at radius 1 is 1.12 bits per heavy atom. The highest BCUT2D eigenvalue weighted by Crippen LogP contribution is 2.31. The van der Waals surface area contributed by atoms with Crippen molar-refractivity contribution in [3.8, 4) is 11.5 Å². The molecule has 2 heterocycles. The second-order valence-electron chi connectivity index (χ2n) is 5.96. The molecule has 0 radical (unpaired) electrons. The first kappa shape index (κ1) is 18.1. The average molecular weight is 371 g/mol. The van der Waals surface area contributed by atoms with Crippen molar-refractivity contribution in [2.45, 2.75) is 27.3 Å². The molecule has 3 aromatic rings. The van der Waals surface area contributed by atoms with Crippen molar-refractivity contribution in [1.29, 1.82) is 0 Å². The van der Waals surface area contributed by atoms with E-state index in [1.54, 1.807) is 14.2 Å². The van der Waals surface area contributed by atoms with Gasteiger partial charge in [0.1, 0.15) is 10.7 Å². The van der Waals surface area contributed by atoms with E-state index in [-0.39, 0.29) is 5.91 Å². The molecule has 6 nitrogen and oxygen atoms in total. The second kappa shape index (κ2) is 7.29. The molecular weight excluding hydrogens is 350 g/mol. The number of ether oxygens (including phenoxy) is 2. The van der Waals surface area contributed by atoms with E-state index < -0.39 is 0 Å². The van der Waals surface area contributed by atoms with Gasteiger partial charge in [0.2, 0.25) is 0 Å². The van der Waals surface area contributed by atoms with E-state index in [1.807, 2.05) is 39.0 Å². The number of nitrogens with one attached hydrogen (secondary N) is 1. The number of carbonyl (C=O) groups is 1. The van der Waals surface area contributed by atoms with Crippen molar-refractivity contribution >= 4 is 27.5 Å². The lowest BCUT2D eigenvalue weighted by Crippen LogP contribution is -2.22. The number of methoxy groups -OCH3 is 2. The maximum Gasteiger partial charge on any atom is 0.261 e. The Morgan fingerprint density at radius 2 is 1.85 bits per heavy atom. The summed E-state index contributed by atoms with van der Waals surface area (Å²) in [6.07, 6.45) is 0. The lowest BCUT2D eigenvalue weighted by atomic mass is 10.1. The van der Waals surface area contributed by atoms with Crippen LogP contribution < -0.4 is 14.8 Å². The Labute approximate surface area is 156 Å². The zero-order valence-corrected chi connectivity index (χ0v) is 16.3. The van der Waals surface area contributed by atoms with Crippen molar-refractivity contribution in [2.75, 3.05) is 14.2 Å². The predicted molar refractivity (Wildman–Crippen MR) is 102 cm³/mol. The molecule has 1 N–H and O–H groups in total. The summed E-state index contributed by atoms with van der Waals surface area (Å²) >= 11 is 1.40. The van der Waals surface area contributed by atoms with Crippen molar-refractivity contribution in [3.05, 3.63) is 45.7 Å². The molecule has 26 heavy (non-hydrogen) atoms. The molecule has 0 atom stereocenters. The summed E-state index contributed by atoms with van der Waals surface area (Å²) in [6.45, 7) is 6.15. The Balaban J connectivity index is 1.82. The molecule has 1 aromatic carbocycles. The second-order valence-corrected chi connectivity index (χ2v) is 6.96. The van der Waals surface area contributed by atoms with E-state index in [2.05, 4.69) is 15.3 Å². The van der Waals surface area contributed by atoms with Crippen LogP contribution in [0.3, 0.4) is 0 Å². The number of amides is 1. The summed E-state index contributed by atoms with van der Waals surface area (Å²) in [5, 5.41) is 3.94. The fourth-order valence-corrected chi connectivity index (χ4v) is 4.14. The number of aromatic nitrogens is 2. The minimum atomic E-state index is -0.114. The summed E-state index contributed by atoms with van der Waals surface area (Å²) in [4.78, 5) is 23.1. The van der Waals surface area contributed by atoms with Crippen LogP contribution in [0.25, 0.3) is 10.2 Å². The van der Waals surface area contributed by atoms with Crippen LogP contribution in [0.5, 0.6) is 11.5 Å². The van der Waals surface area contributed by atoms with Gasteiger partial charge in [-0.2, -0.15) is 0 Å². The molecule has 0 aliphatic rings. The normalized spacial score (nSPS) is 10.8. The third-order valence-corrected chi connectivity index (χ3v) is 5.37. The molecule has 0 unspecified atom stereocenters. The fraction of sp³-hybridized carbons (Fsp3) is 0.316. The number of aryl methyl sites for hydroxylation is 3. The quantitative estimate of drug-likeness (QED) is 0.742. The van der Waals surface area contributed by atoms with Gasteiger partial charge >= 0.3 is 0 Å². The molecule has 0 aliphatic heterocycles. The highest BCUT2D eigenvalue weighted by atomic mass is 32.1. The number of benzene rings is 1. The first-order valence-corrected chi connectivity index (χ1v) is 8.99. The van der Waals surface area contributed by atoms with Gasteiger partial charge < -0.3 is 14.8 Å². The van der Waals surface area contributed by atoms with Crippen LogP contribution in [0.2, 0.25) is 0 Å². The molecule has 7 heteroatoms.